The first-order valence-corrected chi connectivity index (χ1v) is 10.9. The largest absolute Gasteiger partial charge is 0.497 e. The molecule has 0 spiro atoms. The minimum Gasteiger partial charge on any atom is -0.497 e. The van der Waals surface area contributed by atoms with Gasteiger partial charge in [-0.25, -0.2) is 0 Å². The van der Waals surface area contributed by atoms with Crippen molar-refractivity contribution >= 4 is 11.6 Å². The first kappa shape index (κ1) is 21.2. The number of rotatable bonds is 6. The zero-order valence-corrected chi connectivity index (χ0v) is 18.4. The quantitative estimate of drug-likeness (QED) is 0.717. The maximum absolute atomic E-state index is 13.0. The fourth-order valence-electron chi connectivity index (χ4n) is 4.32. The third-order valence-corrected chi connectivity index (χ3v) is 6.10. The molecule has 4 rings (SSSR count). The van der Waals surface area contributed by atoms with Crippen molar-refractivity contribution in [2.45, 2.75) is 13.0 Å². The van der Waals surface area contributed by atoms with Crippen LogP contribution in [0.2, 0.25) is 0 Å². The van der Waals surface area contributed by atoms with Crippen molar-refractivity contribution in [3.05, 3.63) is 65.7 Å². The van der Waals surface area contributed by atoms with Crippen LogP contribution >= 0.6 is 0 Å². The molecule has 0 atom stereocenters. The van der Waals surface area contributed by atoms with Crippen LogP contribution in [0, 0.1) is 0 Å². The standard InChI is InChI=1S/C25H31N3O3/c1-30-22-7-5-6-20(18-22)19-26-12-10-21(11-13-26)25(29)28-16-14-27(15-17-28)23-8-3-4-9-24(23)31-2/h3-10,18H,11-17,19H2,1-2H3. The number of anilines is 1. The van der Waals surface area contributed by atoms with Gasteiger partial charge in [-0.05, 0) is 36.2 Å². The smallest absolute Gasteiger partial charge is 0.249 e. The third-order valence-electron chi connectivity index (χ3n) is 6.10. The molecule has 0 aromatic heterocycles. The van der Waals surface area contributed by atoms with Crippen molar-refractivity contribution in [2.75, 3.05) is 58.4 Å². The molecule has 0 saturated carbocycles. The van der Waals surface area contributed by atoms with Crippen molar-refractivity contribution < 1.29 is 14.3 Å². The van der Waals surface area contributed by atoms with Gasteiger partial charge in [0.15, 0.2) is 0 Å². The summed E-state index contributed by atoms with van der Waals surface area (Å²) in [6, 6.07) is 16.2. The summed E-state index contributed by atoms with van der Waals surface area (Å²) in [6.07, 6.45) is 2.91. The highest BCUT2D eigenvalue weighted by Gasteiger charge is 2.26. The molecule has 2 aliphatic rings. The van der Waals surface area contributed by atoms with Crippen molar-refractivity contribution in [3.63, 3.8) is 0 Å². The summed E-state index contributed by atoms with van der Waals surface area (Å²) < 4.78 is 10.8. The molecular weight excluding hydrogens is 390 g/mol. The Hall–Kier alpha value is -2.99. The lowest BCUT2D eigenvalue weighted by Gasteiger charge is -2.37. The summed E-state index contributed by atoms with van der Waals surface area (Å²) in [7, 11) is 3.39. The molecule has 164 valence electrons. The number of ether oxygens (including phenoxy) is 2. The molecule has 0 bridgehead atoms. The van der Waals surface area contributed by atoms with E-state index < -0.39 is 0 Å². The molecule has 0 aliphatic carbocycles. The molecule has 1 fully saturated rings. The predicted molar refractivity (Wildman–Crippen MR) is 123 cm³/mol. The molecular formula is C25H31N3O3. The summed E-state index contributed by atoms with van der Waals surface area (Å²) in [5, 5.41) is 0. The van der Waals surface area contributed by atoms with Crippen LogP contribution in [-0.2, 0) is 11.3 Å². The number of carbonyl (C=O) groups is 1. The predicted octanol–water partition coefficient (Wildman–Crippen LogP) is 3.18. The molecule has 31 heavy (non-hydrogen) atoms. The molecule has 0 radical (unpaired) electrons. The lowest BCUT2D eigenvalue weighted by Crippen LogP contribution is -2.49. The lowest BCUT2D eigenvalue weighted by molar-refractivity contribution is -0.127. The van der Waals surface area contributed by atoms with Crippen LogP contribution in [0.25, 0.3) is 0 Å². The van der Waals surface area contributed by atoms with Crippen molar-refractivity contribution in [1.29, 1.82) is 0 Å². The minimum atomic E-state index is 0.195. The summed E-state index contributed by atoms with van der Waals surface area (Å²) in [5.41, 5.74) is 3.28. The number of methoxy groups -OCH3 is 2. The van der Waals surface area contributed by atoms with Crippen LogP contribution in [0.5, 0.6) is 11.5 Å². The Morgan fingerprint density at radius 2 is 1.74 bits per heavy atom. The highest BCUT2D eigenvalue weighted by atomic mass is 16.5. The fraction of sp³-hybridized carbons (Fsp3) is 0.400. The average molecular weight is 422 g/mol. The number of amides is 1. The zero-order chi connectivity index (χ0) is 21.6. The van der Waals surface area contributed by atoms with Crippen LogP contribution < -0.4 is 14.4 Å². The molecule has 2 aromatic rings. The van der Waals surface area contributed by atoms with E-state index in [9.17, 15) is 4.79 Å². The van der Waals surface area contributed by atoms with E-state index in [0.29, 0.717) is 0 Å². The first-order chi connectivity index (χ1) is 15.2. The van der Waals surface area contributed by atoms with Gasteiger partial charge >= 0.3 is 0 Å². The van der Waals surface area contributed by atoms with Gasteiger partial charge < -0.3 is 19.3 Å². The number of piperazine rings is 1. The van der Waals surface area contributed by atoms with Gasteiger partial charge in [0, 0.05) is 51.4 Å². The molecule has 2 heterocycles. The summed E-state index contributed by atoms with van der Waals surface area (Å²) in [4.78, 5) is 19.7. The van der Waals surface area contributed by atoms with E-state index in [-0.39, 0.29) is 5.91 Å². The topological polar surface area (TPSA) is 45.2 Å². The van der Waals surface area contributed by atoms with Gasteiger partial charge in [0.25, 0.3) is 0 Å². The molecule has 0 unspecified atom stereocenters. The maximum Gasteiger partial charge on any atom is 0.249 e. The third kappa shape index (κ3) is 5.02. The summed E-state index contributed by atoms with van der Waals surface area (Å²) >= 11 is 0. The van der Waals surface area contributed by atoms with Crippen LogP contribution in [0.3, 0.4) is 0 Å². The Morgan fingerprint density at radius 3 is 2.45 bits per heavy atom. The van der Waals surface area contributed by atoms with E-state index in [1.54, 1.807) is 14.2 Å². The van der Waals surface area contributed by atoms with Gasteiger partial charge in [-0.3, -0.25) is 9.69 Å². The maximum atomic E-state index is 13.0. The van der Waals surface area contributed by atoms with Crippen molar-refractivity contribution in [3.8, 4) is 11.5 Å². The van der Waals surface area contributed by atoms with Crippen LogP contribution in [0.15, 0.2) is 60.2 Å². The Labute approximate surface area is 184 Å². The minimum absolute atomic E-state index is 0.195. The molecule has 1 amide bonds. The van der Waals surface area contributed by atoms with Crippen molar-refractivity contribution in [1.82, 2.24) is 9.80 Å². The Bertz CT molecular complexity index is 935. The number of para-hydroxylation sites is 2. The highest BCUT2D eigenvalue weighted by Crippen LogP contribution is 2.28. The van der Waals surface area contributed by atoms with Gasteiger partial charge in [-0.1, -0.05) is 30.3 Å². The van der Waals surface area contributed by atoms with E-state index >= 15 is 0 Å². The van der Waals surface area contributed by atoms with Gasteiger partial charge in [0.05, 0.1) is 19.9 Å². The second-order valence-corrected chi connectivity index (χ2v) is 8.02. The summed E-state index contributed by atoms with van der Waals surface area (Å²) in [5.74, 6) is 1.96. The SMILES string of the molecule is COc1cccc(CN2CC=C(C(=O)N3CCN(c4ccccc4OC)CC3)CC2)c1. The van der Waals surface area contributed by atoms with Gasteiger partial charge in [-0.2, -0.15) is 0 Å². The number of carbonyl (C=O) groups excluding carboxylic acids is 1. The van der Waals surface area contributed by atoms with Gasteiger partial charge in [0.2, 0.25) is 5.91 Å². The average Bonchev–Trinajstić information content (AvgIpc) is 2.84. The van der Waals surface area contributed by atoms with Crippen LogP contribution in [-0.4, -0.2) is 69.2 Å². The molecule has 1 saturated heterocycles. The molecule has 0 N–H and O–H groups in total. The van der Waals surface area contributed by atoms with E-state index in [1.165, 1.54) is 5.56 Å². The normalized spacial score (nSPS) is 17.3. The first-order valence-electron chi connectivity index (χ1n) is 10.9. The highest BCUT2D eigenvalue weighted by molar-refractivity contribution is 5.93. The van der Waals surface area contributed by atoms with Crippen LogP contribution in [0.4, 0.5) is 5.69 Å². The van der Waals surface area contributed by atoms with E-state index in [4.69, 9.17) is 9.47 Å². The summed E-state index contributed by atoms with van der Waals surface area (Å²) in [6.45, 7) is 5.69. The molecule has 6 nitrogen and oxygen atoms in total. The molecule has 6 heteroatoms. The zero-order valence-electron chi connectivity index (χ0n) is 18.4. The van der Waals surface area contributed by atoms with Gasteiger partial charge in [-0.15, -0.1) is 0 Å². The van der Waals surface area contributed by atoms with Crippen molar-refractivity contribution in [2.24, 2.45) is 0 Å². The number of hydrogen-bond donors (Lipinski definition) is 0. The second kappa shape index (κ2) is 9.88. The van der Waals surface area contributed by atoms with E-state index in [1.807, 2.05) is 35.2 Å². The van der Waals surface area contributed by atoms with Crippen LogP contribution in [0.1, 0.15) is 12.0 Å². The Kier molecular flexibility index (Phi) is 6.77. The second-order valence-electron chi connectivity index (χ2n) is 8.02. The Balaban J connectivity index is 1.30. The number of hydrogen-bond acceptors (Lipinski definition) is 5. The number of nitrogens with zero attached hydrogens (tertiary/aromatic N) is 3. The van der Waals surface area contributed by atoms with E-state index in [0.717, 1.165) is 75.0 Å². The number of benzene rings is 2. The van der Waals surface area contributed by atoms with Gasteiger partial charge in [0.1, 0.15) is 11.5 Å². The van der Waals surface area contributed by atoms with E-state index in [2.05, 4.69) is 34.1 Å². The fourth-order valence-corrected chi connectivity index (χ4v) is 4.32. The lowest BCUT2D eigenvalue weighted by atomic mass is 10.1. The molecule has 2 aromatic carbocycles. The monoisotopic (exact) mass is 421 g/mol. The Morgan fingerprint density at radius 1 is 0.935 bits per heavy atom. The molecule has 2 aliphatic heterocycles.